The SMILES string of the molecule is CCC(C)c1cc2c(cc1C(C)CC)-c1ccccc1C2. The van der Waals surface area contributed by atoms with Crippen LogP contribution in [0.5, 0.6) is 0 Å². The summed E-state index contributed by atoms with van der Waals surface area (Å²) in [6, 6.07) is 13.9. The lowest BCUT2D eigenvalue weighted by Gasteiger charge is -2.21. The Balaban J connectivity index is 2.17. The van der Waals surface area contributed by atoms with E-state index in [9.17, 15) is 0 Å². The Hall–Kier alpha value is -1.56. The highest BCUT2D eigenvalue weighted by Gasteiger charge is 2.23. The molecule has 0 aromatic heterocycles. The van der Waals surface area contributed by atoms with Crippen LogP contribution in [0.3, 0.4) is 0 Å². The number of rotatable bonds is 4. The molecule has 0 heteroatoms. The summed E-state index contributed by atoms with van der Waals surface area (Å²) < 4.78 is 0. The van der Waals surface area contributed by atoms with E-state index in [1.54, 1.807) is 11.1 Å². The Morgan fingerprint density at radius 1 is 0.810 bits per heavy atom. The minimum atomic E-state index is 0.645. The highest BCUT2D eigenvalue weighted by atomic mass is 14.3. The van der Waals surface area contributed by atoms with Crippen molar-refractivity contribution >= 4 is 0 Å². The first-order chi connectivity index (χ1) is 10.2. The van der Waals surface area contributed by atoms with Gasteiger partial charge in [0.25, 0.3) is 0 Å². The van der Waals surface area contributed by atoms with Gasteiger partial charge in [0.2, 0.25) is 0 Å². The van der Waals surface area contributed by atoms with E-state index < -0.39 is 0 Å². The Morgan fingerprint density at radius 3 is 2.10 bits per heavy atom. The fourth-order valence-corrected chi connectivity index (χ4v) is 3.51. The van der Waals surface area contributed by atoms with Gasteiger partial charge in [-0.3, -0.25) is 0 Å². The molecule has 21 heavy (non-hydrogen) atoms. The molecule has 2 aromatic rings. The second-order valence-corrected chi connectivity index (χ2v) is 6.59. The van der Waals surface area contributed by atoms with Gasteiger partial charge in [-0.2, -0.15) is 0 Å². The van der Waals surface area contributed by atoms with Crippen molar-refractivity contribution in [3.63, 3.8) is 0 Å². The van der Waals surface area contributed by atoms with Gasteiger partial charge in [0, 0.05) is 0 Å². The maximum atomic E-state index is 2.50. The Bertz CT molecular complexity index is 651. The molecule has 2 unspecified atom stereocenters. The second-order valence-electron chi connectivity index (χ2n) is 6.59. The van der Waals surface area contributed by atoms with E-state index in [0.29, 0.717) is 11.8 Å². The van der Waals surface area contributed by atoms with Crippen LogP contribution in [0.1, 0.15) is 74.6 Å². The second kappa shape index (κ2) is 5.67. The van der Waals surface area contributed by atoms with Crippen molar-refractivity contribution in [3.8, 4) is 11.1 Å². The maximum Gasteiger partial charge on any atom is -0.00133 e. The molecule has 0 radical (unpaired) electrons. The number of fused-ring (bicyclic) bond motifs is 3. The number of benzene rings is 2. The van der Waals surface area contributed by atoms with E-state index in [4.69, 9.17) is 0 Å². The third kappa shape index (κ3) is 2.41. The van der Waals surface area contributed by atoms with Crippen molar-refractivity contribution in [1.82, 2.24) is 0 Å². The van der Waals surface area contributed by atoms with E-state index in [0.717, 1.165) is 6.42 Å². The van der Waals surface area contributed by atoms with Crippen molar-refractivity contribution in [3.05, 3.63) is 58.7 Å². The molecule has 0 spiro atoms. The van der Waals surface area contributed by atoms with E-state index >= 15 is 0 Å². The van der Waals surface area contributed by atoms with E-state index in [1.807, 2.05) is 0 Å². The summed E-state index contributed by atoms with van der Waals surface area (Å²) in [6.45, 7) is 9.34. The average molecular weight is 278 g/mol. The minimum Gasteiger partial charge on any atom is -0.0648 e. The van der Waals surface area contributed by atoms with Crippen molar-refractivity contribution in [2.45, 2.75) is 58.8 Å². The Kier molecular flexibility index (Phi) is 3.89. The van der Waals surface area contributed by atoms with Gasteiger partial charge >= 0.3 is 0 Å². The van der Waals surface area contributed by atoms with Crippen LogP contribution in [0.2, 0.25) is 0 Å². The van der Waals surface area contributed by atoms with Crippen LogP contribution in [0.15, 0.2) is 36.4 Å². The topological polar surface area (TPSA) is 0 Å². The Morgan fingerprint density at radius 2 is 1.43 bits per heavy atom. The lowest BCUT2D eigenvalue weighted by Crippen LogP contribution is -2.03. The lowest BCUT2D eigenvalue weighted by atomic mass is 9.84. The number of hydrogen-bond acceptors (Lipinski definition) is 0. The van der Waals surface area contributed by atoms with Gasteiger partial charge < -0.3 is 0 Å². The van der Waals surface area contributed by atoms with Gasteiger partial charge in [0.1, 0.15) is 0 Å². The van der Waals surface area contributed by atoms with Crippen LogP contribution < -0.4 is 0 Å². The van der Waals surface area contributed by atoms with Crippen LogP contribution >= 0.6 is 0 Å². The molecule has 0 aliphatic heterocycles. The minimum absolute atomic E-state index is 0.645. The van der Waals surface area contributed by atoms with Crippen molar-refractivity contribution in [2.75, 3.05) is 0 Å². The molecule has 1 aliphatic carbocycles. The molecule has 2 atom stereocenters. The van der Waals surface area contributed by atoms with Crippen LogP contribution in [0.4, 0.5) is 0 Å². The van der Waals surface area contributed by atoms with Gasteiger partial charge in [-0.25, -0.2) is 0 Å². The third-order valence-electron chi connectivity index (χ3n) is 5.28. The first-order valence-corrected chi connectivity index (χ1v) is 8.40. The van der Waals surface area contributed by atoms with Crippen molar-refractivity contribution < 1.29 is 0 Å². The van der Waals surface area contributed by atoms with Gasteiger partial charge in [0.05, 0.1) is 0 Å². The molecule has 0 N–H and O–H groups in total. The fraction of sp³-hybridized carbons (Fsp3) is 0.429. The molecule has 0 nitrogen and oxygen atoms in total. The van der Waals surface area contributed by atoms with Crippen molar-refractivity contribution in [2.24, 2.45) is 0 Å². The molecule has 3 rings (SSSR count). The van der Waals surface area contributed by atoms with E-state index in [-0.39, 0.29) is 0 Å². The monoisotopic (exact) mass is 278 g/mol. The summed E-state index contributed by atoms with van der Waals surface area (Å²) in [6.07, 6.45) is 3.54. The zero-order valence-corrected chi connectivity index (χ0v) is 13.7. The van der Waals surface area contributed by atoms with E-state index in [2.05, 4.69) is 64.1 Å². The highest BCUT2D eigenvalue weighted by Crippen LogP contribution is 2.41. The molecule has 2 aromatic carbocycles. The molecule has 0 amide bonds. The van der Waals surface area contributed by atoms with Gasteiger partial charge in [-0.15, -0.1) is 0 Å². The van der Waals surface area contributed by atoms with Crippen LogP contribution in [0, 0.1) is 0 Å². The Labute approximate surface area is 129 Å². The molecular formula is C21H26. The maximum absolute atomic E-state index is 2.50. The largest absolute Gasteiger partial charge is 0.0648 e. The molecular weight excluding hydrogens is 252 g/mol. The smallest absolute Gasteiger partial charge is 0.00133 e. The van der Waals surface area contributed by atoms with Crippen LogP contribution in [0.25, 0.3) is 11.1 Å². The first kappa shape index (κ1) is 14.4. The van der Waals surface area contributed by atoms with E-state index in [1.165, 1.54) is 35.1 Å². The first-order valence-electron chi connectivity index (χ1n) is 8.40. The zero-order chi connectivity index (χ0) is 15.0. The summed E-state index contributed by atoms with van der Waals surface area (Å²) >= 11 is 0. The van der Waals surface area contributed by atoms with Gasteiger partial charge in [-0.05, 0) is 64.5 Å². The fourth-order valence-electron chi connectivity index (χ4n) is 3.51. The molecule has 0 fully saturated rings. The molecule has 110 valence electrons. The summed E-state index contributed by atoms with van der Waals surface area (Å²) in [5.41, 5.74) is 9.10. The predicted molar refractivity (Wildman–Crippen MR) is 92.1 cm³/mol. The number of hydrogen-bond donors (Lipinski definition) is 0. The van der Waals surface area contributed by atoms with Crippen molar-refractivity contribution in [1.29, 1.82) is 0 Å². The van der Waals surface area contributed by atoms with Crippen LogP contribution in [-0.4, -0.2) is 0 Å². The third-order valence-corrected chi connectivity index (χ3v) is 5.28. The normalized spacial score (nSPS) is 15.4. The van der Waals surface area contributed by atoms with Gasteiger partial charge in [0.15, 0.2) is 0 Å². The highest BCUT2D eigenvalue weighted by molar-refractivity contribution is 5.78. The summed E-state index contributed by atoms with van der Waals surface area (Å²) in [5, 5.41) is 0. The van der Waals surface area contributed by atoms with Gasteiger partial charge in [-0.1, -0.05) is 64.1 Å². The molecule has 1 aliphatic rings. The summed E-state index contributed by atoms with van der Waals surface area (Å²) in [4.78, 5) is 0. The molecule has 0 heterocycles. The summed E-state index contributed by atoms with van der Waals surface area (Å²) in [7, 11) is 0. The molecule has 0 saturated heterocycles. The standard InChI is InChI=1S/C21H26/c1-5-14(3)19-12-17-11-16-9-7-8-10-18(16)21(17)13-20(19)15(4)6-2/h7-10,12-15H,5-6,11H2,1-4H3. The summed E-state index contributed by atoms with van der Waals surface area (Å²) in [5.74, 6) is 1.30. The molecule has 0 bridgehead atoms. The lowest BCUT2D eigenvalue weighted by molar-refractivity contribution is 0.676. The molecule has 0 saturated carbocycles. The average Bonchev–Trinajstić information content (AvgIpc) is 2.89. The zero-order valence-electron chi connectivity index (χ0n) is 13.7. The van der Waals surface area contributed by atoms with Crippen LogP contribution in [-0.2, 0) is 6.42 Å². The quantitative estimate of drug-likeness (QED) is 0.526. The predicted octanol–water partition coefficient (Wildman–Crippen LogP) is 6.28.